The number of thiophene rings is 1. The first-order chi connectivity index (χ1) is 9.11. The van der Waals surface area contributed by atoms with Crippen LogP contribution in [0.25, 0.3) is 0 Å². The van der Waals surface area contributed by atoms with Crippen LogP contribution in [0.15, 0.2) is 11.4 Å². The number of amides is 1. The van der Waals surface area contributed by atoms with Gasteiger partial charge in [0.2, 0.25) is 0 Å². The highest BCUT2D eigenvalue weighted by molar-refractivity contribution is 7.10. The van der Waals surface area contributed by atoms with E-state index in [0.29, 0.717) is 18.7 Å². The number of hydrogen-bond acceptors (Lipinski definition) is 4. The summed E-state index contributed by atoms with van der Waals surface area (Å²) in [4.78, 5) is 14.7. The van der Waals surface area contributed by atoms with Crippen LogP contribution in [0, 0.1) is 17.8 Å². The number of rotatable bonds is 1. The summed E-state index contributed by atoms with van der Waals surface area (Å²) in [7, 11) is 0. The van der Waals surface area contributed by atoms with Crippen LogP contribution >= 0.6 is 11.3 Å². The van der Waals surface area contributed by atoms with Crippen molar-refractivity contribution in [2.75, 3.05) is 19.7 Å². The molecule has 0 radical (unpaired) electrons. The molecule has 0 aliphatic carbocycles. The molecule has 0 spiro atoms. The minimum absolute atomic E-state index is 0.0563. The Morgan fingerprint density at radius 2 is 2.42 bits per heavy atom. The number of aliphatic hydroxyl groups excluding tert-OH is 2. The van der Waals surface area contributed by atoms with Gasteiger partial charge in [0.25, 0.3) is 5.91 Å². The molecule has 2 rings (SSSR count). The molecule has 2 N–H and O–H groups in total. The Kier molecular flexibility index (Phi) is 4.59. The van der Waals surface area contributed by atoms with E-state index in [0.717, 1.165) is 11.3 Å². The number of β-amino-alcohol motifs (C(OH)–C–C–N with tert-alkyl or cyclic N) is 1. The van der Waals surface area contributed by atoms with Crippen molar-refractivity contribution < 1.29 is 15.0 Å². The van der Waals surface area contributed by atoms with Gasteiger partial charge in [-0.25, -0.2) is 0 Å². The van der Waals surface area contributed by atoms with Crippen molar-refractivity contribution in [3.8, 4) is 11.8 Å². The average Bonchev–Trinajstić information content (AvgIpc) is 2.87. The minimum atomic E-state index is -0.440. The monoisotopic (exact) mass is 279 g/mol. The van der Waals surface area contributed by atoms with Gasteiger partial charge < -0.3 is 15.1 Å². The molecule has 2 heterocycles. The summed E-state index contributed by atoms with van der Waals surface area (Å²) >= 11 is 1.39. The standard InChI is InChI=1S/C14H17NO3S/c1-10-4-5-15(8-13(10)17)14(18)11-7-12(19-9-11)3-2-6-16/h7,9-10,13,16-17H,4-6,8H2,1H3. The van der Waals surface area contributed by atoms with E-state index in [9.17, 15) is 9.90 Å². The lowest BCUT2D eigenvalue weighted by Gasteiger charge is -2.34. The Morgan fingerprint density at radius 1 is 1.63 bits per heavy atom. The fraction of sp³-hybridized carbons (Fsp3) is 0.500. The van der Waals surface area contributed by atoms with E-state index in [2.05, 4.69) is 11.8 Å². The lowest BCUT2D eigenvalue weighted by Crippen LogP contribution is -2.45. The molecule has 2 atom stereocenters. The summed E-state index contributed by atoms with van der Waals surface area (Å²) in [5.41, 5.74) is 0.606. The first-order valence-electron chi connectivity index (χ1n) is 6.27. The Bertz CT molecular complexity index is 514. The molecule has 1 amide bonds. The highest BCUT2D eigenvalue weighted by Gasteiger charge is 2.28. The molecule has 1 aromatic heterocycles. The van der Waals surface area contributed by atoms with Crippen molar-refractivity contribution in [3.63, 3.8) is 0 Å². The molecule has 1 aliphatic heterocycles. The summed E-state index contributed by atoms with van der Waals surface area (Å²) in [6.45, 7) is 2.90. The van der Waals surface area contributed by atoms with E-state index in [1.807, 2.05) is 6.92 Å². The third-order valence-corrected chi connectivity index (χ3v) is 4.19. The first kappa shape index (κ1) is 14.1. The number of carbonyl (C=O) groups excluding carboxylic acids is 1. The van der Waals surface area contributed by atoms with Gasteiger partial charge in [0.15, 0.2) is 0 Å². The number of piperidine rings is 1. The first-order valence-corrected chi connectivity index (χ1v) is 7.15. The molecule has 0 bridgehead atoms. The highest BCUT2D eigenvalue weighted by Crippen LogP contribution is 2.21. The maximum atomic E-state index is 12.3. The summed E-state index contributed by atoms with van der Waals surface area (Å²) < 4.78 is 0. The van der Waals surface area contributed by atoms with E-state index >= 15 is 0 Å². The molecule has 1 fully saturated rings. The van der Waals surface area contributed by atoms with Crippen molar-refractivity contribution >= 4 is 17.2 Å². The van der Waals surface area contributed by atoms with Crippen LogP contribution in [0.3, 0.4) is 0 Å². The molecule has 1 aromatic rings. The van der Waals surface area contributed by atoms with Crippen molar-refractivity contribution in [2.24, 2.45) is 5.92 Å². The number of hydrogen-bond donors (Lipinski definition) is 2. The molecule has 1 saturated heterocycles. The molecule has 19 heavy (non-hydrogen) atoms. The third kappa shape index (κ3) is 3.35. The number of carbonyl (C=O) groups is 1. The van der Waals surface area contributed by atoms with Crippen LogP contribution in [-0.2, 0) is 0 Å². The normalized spacial score (nSPS) is 22.8. The SMILES string of the molecule is CC1CCN(C(=O)c2csc(C#CCO)c2)CC1O. The quantitative estimate of drug-likeness (QED) is 0.752. The van der Waals surface area contributed by atoms with E-state index in [-0.39, 0.29) is 18.4 Å². The van der Waals surface area contributed by atoms with Crippen LogP contribution < -0.4 is 0 Å². The van der Waals surface area contributed by atoms with Gasteiger partial charge in [-0.3, -0.25) is 4.79 Å². The van der Waals surface area contributed by atoms with Gasteiger partial charge in [-0.15, -0.1) is 11.3 Å². The molecule has 1 aliphatic rings. The minimum Gasteiger partial charge on any atom is -0.391 e. The fourth-order valence-corrected chi connectivity index (χ4v) is 2.81. The Hall–Kier alpha value is -1.35. The van der Waals surface area contributed by atoms with E-state index in [1.54, 1.807) is 16.3 Å². The smallest absolute Gasteiger partial charge is 0.254 e. The summed E-state index contributed by atoms with van der Waals surface area (Å²) in [5, 5.41) is 20.2. The third-order valence-electron chi connectivity index (χ3n) is 3.34. The van der Waals surface area contributed by atoms with Gasteiger partial charge in [-0.1, -0.05) is 18.8 Å². The fourth-order valence-electron chi connectivity index (χ4n) is 2.06. The lowest BCUT2D eigenvalue weighted by atomic mass is 9.96. The van der Waals surface area contributed by atoms with Crippen LogP contribution in [0.1, 0.15) is 28.6 Å². The molecular formula is C14H17NO3S. The van der Waals surface area contributed by atoms with Crippen molar-refractivity contribution in [1.29, 1.82) is 0 Å². The van der Waals surface area contributed by atoms with E-state index in [1.165, 1.54) is 11.3 Å². The van der Waals surface area contributed by atoms with Gasteiger partial charge in [0.1, 0.15) is 6.61 Å². The number of aliphatic hydroxyl groups is 2. The highest BCUT2D eigenvalue weighted by atomic mass is 32.1. The zero-order valence-electron chi connectivity index (χ0n) is 10.8. The molecule has 102 valence electrons. The van der Waals surface area contributed by atoms with E-state index in [4.69, 9.17) is 5.11 Å². The molecule has 4 nitrogen and oxygen atoms in total. The Morgan fingerprint density at radius 3 is 3.11 bits per heavy atom. The van der Waals surface area contributed by atoms with E-state index < -0.39 is 6.10 Å². The maximum Gasteiger partial charge on any atom is 0.254 e. The Labute approximate surface area is 116 Å². The molecule has 0 aromatic carbocycles. The van der Waals surface area contributed by atoms with Crippen molar-refractivity contribution in [2.45, 2.75) is 19.4 Å². The summed E-state index contributed by atoms with van der Waals surface area (Å²) in [5.74, 6) is 5.54. The van der Waals surface area contributed by atoms with Crippen LogP contribution in [-0.4, -0.2) is 46.8 Å². The second-order valence-corrected chi connectivity index (χ2v) is 5.66. The van der Waals surface area contributed by atoms with Crippen LogP contribution in [0.2, 0.25) is 0 Å². The van der Waals surface area contributed by atoms with Gasteiger partial charge in [-0.2, -0.15) is 0 Å². The molecular weight excluding hydrogens is 262 g/mol. The topological polar surface area (TPSA) is 60.8 Å². The van der Waals surface area contributed by atoms with Gasteiger partial charge >= 0.3 is 0 Å². The van der Waals surface area contributed by atoms with Crippen molar-refractivity contribution in [3.05, 3.63) is 21.9 Å². The largest absolute Gasteiger partial charge is 0.391 e. The average molecular weight is 279 g/mol. The Balaban J connectivity index is 2.05. The zero-order valence-corrected chi connectivity index (χ0v) is 11.6. The second-order valence-electron chi connectivity index (χ2n) is 4.74. The lowest BCUT2D eigenvalue weighted by molar-refractivity contribution is 0.0249. The zero-order chi connectivity index (χ0) is 13.8. The molecule has 0 saturated carbocycles. The predicted molar refractivity (Wildman–Crippen MR) is 74.0 cm³/mol. The molecule has 2 unspecified atom stereocenters. The van der Waals surface area contributed by atoms with Crippen LogP contribution in [0.4, 0.5) is 0 Å². The summed E-state index contributed by atoms with van der Waals surface area (Å²) in [6, 6.07) is 1.74. The molecule has 5 heteroatoms. The van der Waals surface area contributed by atoms with Crippen LogP contribution in [0.5, 0.6) is 0 Å². The van der Waals surface area contributed by atoms with Gasteiger partial charge in [0, 0.05) is 18.5 Å². The van der Waals surface area contributed by atoms with Gasteiger partial charge in [0.05, 0.1) is 16.5 Å². The second kappa shape index (κ2) is 6.20. The van der Waals surface area contributed by atoms with Crippen molar-refractivity contribution in [1.82, 2.24) is 4.90 Å². The maximum absolute atomic E-state index is 12.3. The number of nitrogens with zero attached hydrogens (tertiary/aromatic N) is 1. The summed E-state index contributed by atoms with van der Waals surface area (Å²) in [6.07, 6.45) is 0.388. The van der Waals surface area contributed by atoms with Gasteiger partial charge in [-0.05, 0) is 18.4 Å². The predicted octanol–water partition coefficient (Wildman–Crippen LogP) is 0.935. The number of likely N-dealkylation sites (tertiary alicyclic amines) is 1.